The quantitative estimate of drug-likeness (QED) is 0.588. The highest BCUT2D eigenvalue weighted by Gasteiger charge is 2.63. The maximum absolute atomic E-state index is 12.0. The standard InChI is InChI=1S/C14H20O3/c1-9(2)10-4-6-13(3)12(16)5-7-14(13,17)11(10)8-15/h8,10-11,17H,1,4-7H2,2-3H3/t10-,11-,13-,14+/m0/s1. The van der Waals surface area contributed by atoms with Gasteiger partial charge in [-0.3, -0.25) is 4.79 Å². The summed E-state index contributed by atoms with van der Waals surface area (Å²) in [5.74, 6) is -0.367. The Balaban J connectivity index is 2.45. The number of allylic oxidation sites excluding steroid dienone is 1. The van der Waals surface area contributed by atoms with Gasteiger partial charge in [0.25, 0.3) is 0 Å². The van der Waals surface area contributed by atoms with Gasteiger partial charge < -0.3 is 9.90 Å². The minimum Gasteiger partial charge on any atom is -0.388 e. The molecule has 17 heavy (non-hydrogen) atoms. The molecule has 0 radical (unpaired) electrons. The molecule has 3 nitrogen and oxygen atoms in total. The molecule has 0 spiro atoms. The van der Waals surface area contributed by atoms with Crippen LogP contribution in [0.3, 0.4) is 0 Å². The zero-order valence-corrected chi connectivity index (χ0v) is 10.5. The number of Topliss-reactive ketones (excluding diaryl/α,β-unsaturated/α-hetero) is 1. The summed E-state index contributed by atoms with van der Waals surface area (Å²) in [6, 6.07) is 0. The molecule has 0 heterocycles. The summed E-state index contributed by atoms with van der Waals surface area (Å²) >= 11 is 0. The van der Waals surface area contributed by atoms with E-state index >= 15 is 0 Å². The lowest BCUT2D eigenvalue weighted by Crippen LogP contribution is -2.57. The molecule has 94 valence electrons. The van der Waals surface area contributed by atoms with Gasteiger partial charge in [-0.2, -0.15) is 0 Å². The van der Waals surface area contributed by atoms with Crippen molar-refractivity contribution in [2.75, 3.05) is 0 Å². The largest absolute Gasteiger partial charge is 0.388 e. The summed E-state index contributed by atoms with van der Waals surface area (Å²) in [6.07, 6.45) is 3.05. The van der Waals surface area contributed by atoms with E-state index in [1.165, 1.54) is 0 Å². The number of carbonyl (C=O) groups excluding carboxylic acids is 2. The normalized spacial score (nSPS) is 45.5. The van der Waals surface area contributed by atoms with Gasteiger partial charge in [-0.25, -0.2) is 0 Å². The molecule has 2 saturated carbocycles. The van der Waals surface area contributed by atoms with Crippen LogP contribution >= 0.6 is 0 Å². The van der Waals surface area contributed by atoms with E-state index < -0.39 is 16.9 Å². The van der Waals surface area contributed by atoms with Crippen LogP contribution in [0.5, 0.6) is 0 Å². The molecule has 1 N–H and O–H groups in total. The SMILES string of the molecule is C=C(C)[C@@H]1CC[C@@]2(C)C(=O)CC[C@@]2(O)[C@H]1C=O. The molecule has 2 fully saturated rings. The number of fused-ring (bicyclic) bond motifs is 1. The first-order valence-electron chi connectivity index (χ1n) is 6.23. The van der Waals surface area contributed by atoms with E-state index in [-0.39, 0.29) is 11.7 Å². The number of hydrogen-bond acceptors (Lipinski definition) is 3. The van der Waals surface area contributed by atoms with Crippen molar-refractivity contribution in [1.82, 2.24) is 0 Å². The number of ketones is 1. The van der Waals surface area contributed by atoms with Crippen LogP contribution in [0.4, 0.5) is 0 Å². The Morgan fingerprint density at radius 3 is 2.71 bits per heavy atom. The van der Waals surface area contributed by atoms with Gasteiger partial charge >= 0.3 is 0 Å². The Morgan fingerprint density at radius 2 is 2.18 bits per heavy atom. The van der Waals surface area contributed by atoms with E-state index in [9.17, 15) is 14.7 Å². The summed E-state index contributed by atoms with van der Waals surface area (Å²) in [6.45, 7) is 7.61. The molecule has 0 aromatic rings. The zero-order valence-electron chi connectivity index (χ0n) is 10.5. The fraction of sp³-hybridized carbons (Fsp3) is 0.714. The molecule has 0 amide bonds. The first-order chi connectivity index (χ1) is 7.87. The van der Waals surface area contributed by atoms with Crippen LogP contribution in [0.25, 0.3) is 0 Å². The van der Waals surface area contributed by atoms with Crippen LogP contribution in [0, 0.1) is 17.3 Å². The van der Waals surface area contributed by atoms with Crippen molar-refractivity contribution in [2.45, 2.75) is 45.1 Å². The van der Waals surface area contributed by atoms with Crippen LogP contribution in [0.2, 0.25) is 0 Å². The van der Waals surface area contributed by atoms with Gasteiger partial charge in [0.15, 0.2) is 0 Å². The van der Waals surface area contributed by atoms with Crippen molar-refractivity contribution < 1.29 is 14.7 Å². The zero-order chi connectivity index (χ0) is 12.8. The molecule has 4 atom stereocenters. The van der Waals surface area contributed by atoms with Gasteiger partial charge in [-0.15, -0.1) is 0 Å². The van der Waals surface area contributed by atoms with Gasteiger partial charge in [0.2, 0.25) is 0 Å². The van der Waals surface area contributed by atoms with E-state index in [0.717, 1.165) is 18.3 Å². The molecule has 0 unspecified atom stereocenters. The van der Waals surface area contributed by atoms with E-state index in [1.54, 1.807) is 0 Å². The Labute approximate surface area is 102 Å². The molecule has 0 bridgehead atoms. The molecule has 2 aliphatic rings. The molecule has 2 rings (SSSR count). The van der Waals surface area contributed by atoms with Crippen molar-refractivity contribution in [3.8, 4) is 0 Å². The topological polar surface area (TPSA) is 54.4 Å². The summed E-state index contributed by atoms with van der Waals surface area (Å²) in [5.41, 5.74) is -0.963. The summed E-state index contributed by atoms with van der Waals surface area (Å²) in [7, 11) is 0. The highest BCUT2D eigenvalue weighted by atomic mass is 16.3. The lowest BCUT2D eigenvalue weighted by atomic mass is 9.56. The number of hydrogen-bond donors (Lipinski definition) is 1. The first-order valence-corrected chi connectivity index (χ1v) is 6.23. The van der Waals surface area contributed by atoms with Gasteiger partial charge in [0.05, 0.1) is 16.9 Å². The minimum absolute atomic E-state index is 0.0106. The molecular weight excluding hydrogens is 216 g/mol. The molecule has 2 aliphatic carbocycles. The van der Waals surface area contributed by atoms with E-state index in [1.807, 2.05) is 13.8 Å². The average Bonchev–Trinajstić information content (AvgIpc) is 2.51. The van der Waals surface area contributed by atoms with Crippen molar-refractivity contribution in [3.05, 3.63) is 12.2 Å². The monoisotopic (exact) mass is 236 g/mol. The van der Waals surface area contributed by atoms with Crippen LogP contribution in [0.1, 0.15) is 39.5 Å². The van der Waals surface area contributed by atoms with Crippen LogP contribution in [-0.4, -0.2) is 22.8 Å². The van der Waals surface area contributed by atoms with Crippen molar-refractivity contribution in [2.24, 2.45) is 17.3 Å². The summed E-state index contributed by atoms with van der Waals surface area (Å²) < 4.78 is 0. The number of rotatable bonds is 2. The number of carbonyl (C=O) groups is 2. The van der Waals surface area contributed by atoms with Crippen LogP contribution in [0.15, 0.2) is 12.2 Å². The predicted octanol–water partition coefficient (Wildman–Crippen LogP) is 1.89. The highest BCUT2D eigenvalue weighted by Crippen LogP contribution is 2.57. The fourth-order valence-corrected chi connectivity index (χ4v) is 3.70. The molecule has 0 aliphatic heterocycles. The minimum atomic E-state index is -1.16. The Morgan fingerprint density at radius 1 is 1.53 bits per heavy atom. The Kier molecular flexibility index (Phi) is 2.77. The predicted molar refractivity (Wildman–Crippen MR) is 64.4 cm³/mol. The number of aldehydes is 1. The van der Waals surface area contributed by atoms with E-state index in [4.69, 9.17) is 0 Å². The Hall–Kier alpha value is -0.960. The van der Waals surface area contributed by atoms with Crippen LogP contribution in [-0.2, 0) is 9.59 Å². The maximum atomic E-state index is 12.0. The molecular formula is C14H20O3. The van der Waals surface area contributed by atoms with Crippen molar-refractivity contribution in [1.29, 1.82) is 0 Å². The first kappa shape index (κ1) is 12.5. The molecule has 3 heteroatoms. The highest BCUT2D eigenvalue weighted by molar-refractivity contribution is 5.89. The van der Waals surface area contributed by atoms with Crippen molar-refractivity contribution in [3.63, 3.8) is 0 Å². The van der Waals surface area contributed by atoms with Gasteiger partial charge in [0, 0.05) is 6.42 Å². The summed E-state index contributed by atoms with van der Waals surface area (Å²) in [4.78, 5) is 23.3. The van der Waals surface area contributed by atoms with Gasteiger partial charge in [0.1, 0.15) is 12.1 Å². The van der Waals surface area contributed by atoms with Crippen molar-refractivity contribution >= 4 is 12.1 Å². The second-order valence-corrected chi connectivity index (χ2v) is 5.83. The third-order valence-corrected chi connectivity index (χ3v) is 5.02. The van der Waals surface area contributed by atoms with E-state index in [0.29, 0.717) is 19.3 Å². The molecule has 0 saturated heterocycles. The molecule has 0 aromatic carbocycles. The van der Waals surface area contributed by atoms with Crippen LogP contribution < -0.4 is 0 Å². The third kappa shape index (κ3) is 1.45. The second-order valence-electron chi connectivity index (χ2n) is 5.83. The lowest BCUT2D eigenvalue weighted by molar-refractivity contribution is -0.161. The second kappa shape index (κ2) is 3.77. The maximum Gasteiger partial charge on any atom is 0.141 e. The fourth-order valence-electron chi connectivity index (χ4n) is 3.70. The third-order valence-electron chi connectivity index (χ3n) is 5.02. The Bertz CT molecular complexity index is 387. The lowest BCUT2D eigenvalue weighted by Gasteiger charge is -2.49. The number of aliphatic hydroxyl groups is 1. The van der Waals surface area contributed by atoms with E-state index in [2.05, 4.69) is 6.58 Å². The average molecular weight is 236 g/mol. The van der Waals surface area contributed by atoms with Gasteiger partial charge in [-0.1, -0.05) is 12.2 Å². The van der Waals surface area contributed by atoms with Gasteiger partial charge in [-0.05, 0) is 39.0 Å². The smallest absolute Gasteiger partial charge is 0.141 e. The summed E-state index contributed by atoms with van der Waals surface area (Å²) in [5, 5.41) is 10.8. The molecule has 0 aromatic heterocycles.